The molecule has 0 radical (unpaired) electrons. The molecule has 0 aliphatic carbocycles. The lowest BCUT2D eigenvalue weighted by molar-refractivity contribution is -0.117. The normalized spacial score (nSPS) is 19.6. The van der Waals surface area contributed by atoms with Crippen LogP contribution in [0.15, 0.2) is 41.4 Å². The van der Waals surface area contributed by atoms with Crippen molar-refractivity contribution in [2.45, 2.75) is 26.1 Å². The minimum absolute atomic E-state index is 0.0204. The van der Waals surface area contributed by atoms with Gasteiger partial charge in [0.15, 0.2) is 11.6 Å². The number of amidine groups is 1. The third-order valence-electron chi connectivity index (χ3n) is 4.96. The summed E-state index contributed by atoms with van der Waals surface area (Å²) in [7, 11) is 0. The van der Waals surface area contributed by atoms with Crippen molar-refractivity contribution in [3.05, 3.63) is 70.3 Å². The lowest BCUT2D eigenvalue weighted by atomic mass is 10.0. The number of ether oxygens (including phenoxy) is 2. The lowest BCUT2D eigenvalue weighted by Crippen LogP contribution is -2.38. The maximum Gasteiger partial charge on any atom is 0.295 e. The van der Waals surface area contributed by atoms with Crippen molar-refractivity contribution < 1.29 is 23.0 Å². The van der Waals surface area contributed by atoms with Gasteiger partial charge in [0.25, 0.3) is 11.9 Å². The van der Waals surface area contributed by atoms with Crippen LogP contribution in [-0.2, 0) is 40.3 Å². The summed E-state index contributed by atoms with van der Waals surface area (Å²) in [5.74, 6) is -2.39. The van der Waals surface area contributed by atoms with Gasteiger partial charge in [-0.3, -0.25) is 4.79 Å². The number of nitrogens with zero attached hydrogens (tertiary/aromatic N) is 2. The molecule has 0 N–H and O–H groups in total. The Kier molecular flexibility index (Phi) is 5.34. The van der Waals surface area contributed by atoms with Crippen LogP contribution in [0, 0.1) is 11.6 Å². The summed E-state index contributed by atoms with van der Waals surface area (Å²) >= 11 is 0. The van der Waals surface area contributed by atoms with Crippen LogP contribution in [0.4, 0.5) is 8.78 Å². The van der Waals surface area contributed by atoms with Gasteiger partial charge < -0.3 is 14.4 Å². The molecule has 0 spiro atoms. The molecule has 2 aromatic rings. The number of carbonyl (C=O) groups excluding carboxylic acids is 1. The zero-order valence-electron chi connectivity index (χ0n) is 15.3. The highest BCUT2D eigenvalue weighted by Crippen LogP contribution is 2.20. The summed E-state index contributed by atoms with van der Waals surface area (Å²) in [6.45, 7) is 2.14. The second-order valence-corrected chi connectivity index (χ2v) is 6.85. The molecule has 146 valence electrons. The van der Waals surface area contributed by atoms with Crippen LogP contribution in [0.1, 0.15) is 22.3 Å². The van der Waals surface area contributed by atoms with Crippen molar-refractivity contribution in [3.63, 3.8) is 0 Å². The second-order valence-electron chi connectivity index (χ2n) is 6.85. The summed E-state index contributed by atoms with van der Waals surface area (Å²) in [5.41, 5.74) is 3.17. The van der Waals surface area contributed by atoms with Crippen molar-refractivity contribution in [3.8, 4) is 0 Å². The molecular weight excluding hydrogens is 366 g/mol. The molecule has 0 saturated heterocycles. The van der Waals surface area contributed by atoms with E-state index in [9.17, 15) is 13.6 Å². The van der Waals surface area contributed by atoms with E-state index in [0.717, 1.165) is 24.1 Å². The largest absolute Gasteiger partial charge is 0.460 e. The fraction of sp³-hybridized carbons (Fsp3) is 0.333. The van der Waals surface area contributed by atoms with Crippen LogP contribution in [-0.4, -0.2) is 36.5 Å². The highest BCUT2D eigenvalue weighted by atomic mass is 19.2. The first-order valence-corrected chi connectivity index (χ1v) is 9.21. The predicted molar refractivity (Wildman–Crippen MR) is 98.7 cm³/mol. The Labute approximate surface area is 161 Å². The van der Waals surface area contributed by atoms with Crippen LogP contribution in [0.2, 0.25) is 0 Å². The van der Waals surface area contributed by atoms with Gasteiger partial charge in [-0.25, -0.2) is 8.78 Å². The molecule has 2 heterocycles. The summed E-state index contributed by atoms with van der Waals surface area (Å²) < 4.78 is 38.6. The van der Waals surface area contributed by atoms with Crippen molar-refractivity contribution in [2.75, 3.05) is 19.7 Å². The minimum atomic E-state index is -0.979. The number of amides is 1. The van der Waals surface area contributed by atoms with E-state index in [1.54, 1.807) is 0 Å². The zero-order chi connectivity index (χ0) is 19.5. The molecule has 0 fully saturated rings. The first-order valence-electron chi connectivity index (χ1n) is 9.21. The van der Waals surface area contributed by atoms with Gasteiger partial charge >= 0.3 is 0 Å². The Morgan fingerprint density at radius 2 is 1.68 bits per heavy atom. The molecule has 2 aliphatic heterocycles. The van der Waals surface area contributed by atoms with E-state index in [1.165, 1.54) is 5.56 Å². The number of halogens is 2. The average molecular weight is 386 g/mol. The number of benzene rings is 2. The summed E-state index contributed by atoms with van der Waals surface area (Å²) in [5, 5.41) is 0. The number of hydrogen-bond donors (Lipinski definition) is 0. The second kappa shape index (κ2) is 8.06. The van der Waals surface area contributed by atoms with Crippen LogP contribution in [0.5, 0.6) is 0 Å². The molecule has 5 nitrogen and oxygen atoms in total. The van der Waals surface area contributed by atoms with Gasteiger partial charge in [0.05, 0.1) is 19.6 Å². The molecule has 1 amide bonds. The predicted octanol–water partition coefficient (Wildman–Crippen LogP) is 3.00. The van der Waals surface area contributed by atoms with Gasteiger partial charge in [0.1, 0.15) is 6.61 Å². The molecule has 0 unspecified atom stereocenters. The number of aliphatic imine (C=N–C) groups is 1. The van der Waals surface area contributed by atoms with E-state index < -0.39 is 17.5 Å². The fourth-order valence-corrected chi connectivity index (χ4v) is 3.43. The highest BCUT2D eigenvalue weighted by Gasteiger charge is 2.22. The molecule has 2 aliphatic rings. The third-order valence-corrected chi connectivity index (χ3v) is 4.96. The number of fused-ring (bicyclic) bond motifs is 2. The van der Waals surface area contributed by atoms with Crippen LogP contribution >= 0.6 is 0 Å². The molecule has 2 aromatic carbocycles. The van der Waals surface area contributed by atoms with Crippen molar-refractivity contribution in [1.29, 1.82) is 0 Å². The van der Waals surface area contributed by atoms with E-state index >= 15 is 0 Å². The van der Waals surface area contributed by atoms with E-state index in [2.05, 4.69) is 11.1 Å². The van der Waals surface area contributed by atoms with Gasteiger partial charge in [-0.15, -0.1) is 0 Å². The topological polar surface area (TPSA) is 51.1 Å². The van der Waals surface area contributed by atoms with Gasteiger partial charge in [-0.1, -0.05) is 24.3 Å². The molecule has 0 bridgehead atoms. The monoisotopic (exact) mass is 386 g/mol. The molecule has 0 aromatic heterocycles. The third kappa shape index (κ3) is 4.04. The van der Waals surface area contributed by atoms with Crippen LogP contribution < -0.4 is 0 Å². The molecule has 28 heavy (non-hydrogen) atoms. The Hall–Kier alpha value is -2.80. The average Bonchev–Trinajstić information content (AvgIpc) is 2.77. The van der Waals surface area contributed by atoms with Crippen molar-refractivity contribution >= 4 is 11.9 Å². The molecule has 0 saturated carbocycles. The van der Waals surface area contributed by atoms with E-state index in [1.807, 2.05) is 23.1 Å². The van der Waals surface area contributed by atoms with E-state index in [4.69, 9.17) is 9.47 Å². The maximum atomic E-state index is 13.6. The molecule has 4 rings (SSSR count). The Morgan fingerprint density at radius 3 is 2.50 bits per heavy atom. The molecule has 7 heteroatoms. The van der Waals surface area contributed by atoms with Gasteiger partial charge in [-0.05, 0) is 40.8 Å². The van der Waals surface area contributed by atoms with E-state index in [-0.39, 0.29) is 19.0 Å². The molecular formula is C21H20F2N2O3. The Morgan fingerprint density at radius 1 is 0.929 bits per heavy atom. The molecule has 0 atom stereocenters. The SMILES string of the molecule is O=C1Cc2cc(F)c(F)cc2CO/C(N2CCOCc3ccccc3CC2)=N\1. The summed E-state index contributed by atoms with van der Waals surface area (Å²) in [6.07, 6.45) is 0.666. The maximum absolute atomic E-state index is 13.6. The minimum Gasteiger partial charge on any atom is -0.460 e. The number of hydrogen-bond acceptors (Lipinski definition) is 4. The summed E-state index contributed by atoms with van der Waals surface area (Å²) in [6, 6.07) is 10.4. The van der Waals surface area contributed by atoms with Crippen LogP contribution in [0.25, 0.3) is 0 Å². The van der Waals surface area contributed by atoms with Gasteiger partial charge in [0.2, 0.25) is 0 Å². The first kappa shape index (κ1) is 18.6. The standard InChI is InChI=1S/C21H20F2N2O3/c22-18-9-16-11-20(26)24-21(28-13-17(16)10-19(18)23)25-6-5-14-3-1-2-4-15(14)12-27-8-7-25/h1-4,9-10H,5-8,11-13H2/b24-21-. The summed E-state index contributed by atoms with van der Waals surface area (Å²) in [4.78, 5) is 18.3. The number of carbonyl (C=O) groups is 1. The van der Waals surface area contributed by atoms with Gasteiger partial charge in [0, 0.05) is 13.1 Å². The van der Waals surface area contributed by atoms with Crippen molar-refractivity contribution in [2.24, 2.45) is 4.99 Å². The number of rotatable bonds is 0. The fourth-order valence-electron chi connectivity index (χ4n) is 3.43. The Bertz CT molecular complexity index is 930. The van der Waals surface area contributed by atoms with Crippen molar-refractivity contribution in [1.82, 2.24) is 4.90 Å². The highest BCUT2D eigenvalue weighted by molar-refractivity contribution is 5.92. The van der Waals surface area contributed by atoms with Gasteiger partial charge in [-0.2, -0.15) is 4.99 Å². The Balaban J connectivity index is 1.55. The zero-order valence-corrected chi connectivity index (χ0v) is 15.3. The quantitative estimate of drug-likeness (QED) is 0.699. The van der Waals surface area contributed by atoms with E-state index in [0.29, 0.717) is 37.4 Å². The smallest absolute Gasteiger partial charge is 0.295 e. The lowest BCUT2D eigenvalue weighted by Gasteiger charge is -2.26. The van der Waals surface area contributed by atoms with Crippen LogP contribution in [0.3, 0.4) is 0 Å². The first-order chi connectivity index (χ1) is 13.6.